The molecule has 2 amide bonds. The van der Waals surface area contributed by atoms with Gasteiger partial charge in [0.05, 0.1) is 17.2 Å². The summed E-state index contributed by atoms with van der Waals surface area (Å²) in [5.41, 5.74) is 0.903. The SMILES string of the molecule is CCCNC(=O)c1ccc(Cl)cc1NC(=O)C1CCNC1.Cl. The van der Waals surface area contributed by atoms with Gasteiger partial charge in [-0.1, -0.05) is 18.5 Å². The van der Waals surface area contributed by atoms with Gasteiger partial charge in [-0.3, -0.25) is 9.59 Å². The van der Waals surface area contributed by atoms with Crippen LogP contribution < -0.4 is 16.0 Å². The summed E-state index contributed by atoms with van der Waals surface area (Å²) in [6.07, 6.45) is 1.67. The van der Waals surface area contributed by atoms with Crippen molar-refractivity contribution < 1.29 is 9.59 Å². The van der Waals surface area contributed by atoms with Crippen LogP contribution in [0.2, 0.25) is 5.02 Å². The minimum absolute atomic E-state index is 0. The van der Waals surface area contributed by atoms with Crippen LogP contribution in [-0.2, 0) is 4.79 Å². The maximum absolute atomic E-state index is 12.2. The molecule has 1 heterocycles. The molecular formula is C15H21Cl2N3O2. The summed E-state index contributed by atoms with van der Waals surface area (Å²) in [5, 5.41) is 9.27. The number of rotatable bonds is 5. The van der Waals surface area contributed by atoms with Crippen molar-refractivity contribution >= 4 is 41.5 Å². The summed E-state index contributed by atoms with van der Waals surface area (Å²) in [6, 6.07) is 4.90. The molecule has 0 bridgehead atoms. The van der Waals surface area contributed by atoms with E-state index in [-0.39, 0.29) is 30.1 Å². The summed E-state index contributed by atoms with van der Waals surface area (Å²) in [5.74, 6) is -0.337. The molecule has 1 aromatic rings. The molecule has 0 saturated carbocycles. The number of hydrogen-bond donors (Lipinski definition) is 3. The van der Waals surface area contributed by atoms with Crippen LogP contribution in [0.15, 0.2) is 18.2 Å². The molecule has 3 N–H and O–H groups in total. The molecule has 1 unspecified atom stereocenters. The molecule has 0 spiro atoms. The molecule has 0 radical (unpaired) electrons. The first-order valence-electron chi connectivity index (χ1n) is 7.21. The monoisotopic (exact) mass is 345 g/mol. The summed E-state index contributed by atoms with van der Waals surface area (Å²) < 4.78 is 0. The lowest BCUT2D eigenvalue weighted by Gasteiger charge is -2.14. The van der Waals surface area contributed by atoms with E-state index in [9.17, 15) is 9.59 Å². The molecule has 0 aliphatic carbocycles. The van der Waals surface area contributed by atoms with E-state index in [1.807, 2.05) is 6.92 Å². The van der Waals surface area contributed by atoms with E-state index >= 15 is 0 Å². The van der Waals surface area contributed by atoms with Gasteiger partial charge in [-0.15, -0.1) is 12.4 Å². The van der Waals surface area contributed by atoms with Gasteiger partial charge in [-0.25, -0.2) is 0 Å². The number of nitrogens with one attached hydrogen (secondary N) is 3. The highest BCUT2D eigenvalue weighted by molar-refractivity contribution is 6.31. The van der Waals surface area contributed by atoms with Crippen LogP contribution in [-0.4, -0.2) is 31.4 Å². The number of amides is 2. The van der Waals surface area contributed by atoms with Gasteiger partial charge in [0.2, 0.25) is 5.91 Å². The molecule has 1 aromatic carbocycles. The zero-order valence-corrected chi connectivity index (χ0v) is 14.0. The van der Waals surface area contributed by atoms with Gasteiger partial charge < -0.3 is 16.0 Å². The van der Waals surface area contributed by atoms with Crippen LogP contribution in [0, 0.1) is 5.92 Å². The van der Waals surface area contributed by atoms with Crippen molar-refractivity contribution in [2.24, 2.45) is 5.92 Å². The number of anilines is 1. The second kappa shape index (κ2) is 8.98. The third-order valence-corrected chi connectivity index (χ3v) is 3.69. The minimum atomic E-state index is -0.201. The molecule has 1 fully saturated rings. The fourth-order valence-corrected chi connectivity index (χ4v) is 2.44. The highest BCUT2D eigenvalue weighted by atomic mass is 35.5. The smallest absolute Gasteiger partial charge is 0.253 e. The Bertz CT molecular complexity index is 532. The first-order chi connectivity index (χ1) is 10.1. The quantitative estimate of drug-likeness (QED) is 0.767. The number of halogens is 2. The Labute approximate surface area is 141 Å². The lowest BCUT2D eigenvalue weighted by atomic mass is 10.1. The molecule has 1 aliphatic heterocycles. The van der Waals surface area contributed by atoms with E-state index in [1.165, 1.54) is 0 Å². The standard InChI is InChI=1S/C15H20ClN3O2.ClH/c1-2-6-18-15(21)12-4-3-11(16)8-13(12)19-14(20)10-5-7-17-9-10;/h3-4,8,10,17H,2,5-7,9H2,1H3,(H,18,21)(H,19,20);1H. The summed E-state index contributed by atoms with van der Waals surface area (Å²) in [7, 11) is 0. The van der Waals surface area contributed by atoms with E-state index in [4.69, 9.17) is 11.6 Å². The molecule has 2 rings (SSSR count). The van der Waals surface area contributed by atoms with E-state index in [0.717, 1.165) is 19.4 Å². The molecule has 7 heteroatoms. The van der Waals surface area contributed by atoms with E-state index in [2.05, 4.69) is 16.0 Å². The van der Waals surface area contributed by atoms with Crippen LogP contribution in [0.1, 0.15) is 30.1 Å². The van der Waals surface area contributed by atoms with Crippen molar-refractivity contribution in [3.63, 3.8) is 0 Å². The number of hydrogen-bond acceptors (Lipinski definition) is 3. The van der Waals surface area contributed by atoms with Crippen molar-refractivity contribution in [1.82, 2.24) is 10.6 Å². The van der Waals surface area contributed by atoms with Crippen molar-refractivity contribution in [2.75, 3.05) is 25.0 Å². The minimum Gasteiger partial charge on any atom is -0.352 e. The Morgan fingerprint density at radius 3 is 2.82 bits per heavy atom. The average molecular weight is 346 g/mol. The summed E-state index contributed by atoms with van der Waals surface area (Å²) >= 11 is 5.97. The molecule has 1 atom stereocenters. The lowest BCUT2D eigenvalue weighted by Crippen LogP contribution is -2.28. The number of carbonyl (C=O) groups excluding carboxylic acids is 2. The normalized spacial score (nSPS) is 16.7. The van der Waals surface area contributed by atoms with Gasteiger partial charge in [0.1, 0.15) is 0 Å². The van der Waals surface area contributed by atoms with Crippen LogP contribution >= 0.6 is 24.0 Å². The Balaban J connectivity index is 0.00000242. The Kier molecular flexibility index (Phi) is 7.65. The third-order valence-electron chi connectivity index (χ3n) is 3.45. The van der Waals surface area contributed by atoms with Crippen LogP contribution in [0.3, 0.4) is 0 Å². The molecule has 1 saturated heterocycles. The topological polar surface area (TPSA) is 70.2 Å². The second-order valence-corrected chi connectivity index (χ2v) is 5.56. The van der Waals surface area contributed by atoms with Gasteiger partial charge in [-0.2, -0.15) is 0 Å². The van der Waals surface area contributed by atoms with E-state index in [0.29, 0.717) is 29.4 Å². The molecule has 0 aromatic heterocycles. The lowest BCUT2D eigenvalue weighted by molar-refractivity contribution is -0.119. The van der Waals surface area contributed by atoms with Crippen LogP contribution in [0.5, 0.6) is 0 Å². The molecular weight excluding hydrogens is 325 g/mol. The van der Waals surface area contributed by atoms with Gasteiger partial charge in [0, 0.05) is 18.1 Å². The Morgan fingerprint density at radius 1 is 1.41 bits per heavy atom. The Morgan fingerprint density at radius 2 is 2.18 bits per heavy atom. The molecule has 22 heavy (non-hydrogen) atoms. The van der Waals surface area contributed by atoms with Crippen molar-refractivity contribution in [3.05, 3.63) is 28.8 Å². The third kappa shape index (κ3) is 4.87. The van der Waals surface area contributed by atoms with Crippen molar-refractivity contribution in [1.29, 1.82) is 0 Å². The zero-order chi connectivity index (χ0) is 15.2. The van der Waals surface area contributed by atoms with Crippen LogP contribution in [0.25, 0.3) is 0 Å². The Hall–Kier alpha value is -1.30. The van der Waals surface area contributed by atoms with Gasteiger partial charge in [0.15, 0.2) is 0 Å². The van der Waals surface area contributed by atoms with Gasteiger partial charge in [-0.05, 0) is 37.6 Å². The predicted octanol–water partition coefficient (Wildman–Crippen LogP) is 2.45. The highest BCUT2D eigenvalue weighted by Crippen LogP contribution is 2.22. The summed E-state index contributed by atoms with van der Waals surface area (Å²) in [4.78, 5) is 24.3. The number of benzene rings is 1. The van der Waals surface area contributed by atoms with Crippen LogP contribution in [0.4, 0.5) is 5.69 Å². The predicted molar refractivity (Wildman–Crippen MR) is 90.9 cm³/mol. The van der Waals surface area contributed by atoms with Crippen molar-refractivity contribution in [2.45, 2.75) is 19.8 Å². The largest absolute Gasteiger partial charge is 0.352 e. The summed E-state index contributed by atoms with van der Waals surface area (Å²) in [6.45, 7) is 4.10. The zero-order valence-electron chi connectivity index (χ0n) is 12.4. The number of carbonyl (C=O) groups is 2. The van der Waals surface area contributed by atoms with E-state index < -0.39 is 0 Å². The second-order valence-electron chi connectivity index (χ2n) is 5.12. The highest BCUT2D eigenvalue weighted by Gasteiger charge is 2.23. The van der Waals surface area contributed by atoms with Gasteiger partial charge >= 0.3 is 0 Å². The molecule has 1 aliphatic rings. The first kappa shape index (κ1) is 18.7. The maximum atomic E-state index is 12.2. The fourth-order valence-electron chi connectivity index (χ4n) is 2.26. The first-order valence-corrected chi connectivity index (χ1v) is 7.59. The van der Waals surface area contributed by atoms with Gasteiger partial charge in [0.25, 0.3) is 5.91 Å². The van der Waals surface area contributed by atoms with Crippen molar-refractivity contribution in [3.8, 4) is 0 Å². The maximum Gasteiger partial charge on any atom is 0.253 e. The van der Waals surface area contributed by atoms with E-state index in [1.54, 1.807) is 18.2 Å². The molecule has 5 nitrogen and oxygen atoms in total. The average Bonchev–Trinajstić information content (AvgIpc) is 2.99. The molecule has 122 valence electrons. The fraction of sp³-hybridized carbons (Fsp3) is 0.467.